The van der Waals surface area contributed by atoms with Crippen molar-refractivity contribution in [3.05, 3.63) is 18.1 Å². The molecule has 0 radical (unpaired) electrons. The summed E-state index contributed by atoms with van der Waals surface area (Å²) in [6, 6.07) is 0. The fourth-order valence-corrected chi connectivity index (χ4v) is 0.548. The fourth-order valence-electron chi connectivity index (χ4n) is 0.548. The smallest absolute Gasteiger partial charge is 0.259 e. The maximum atomic E-state index is 11.9. The van der Waals surface area contributed by atoms with Crippen LogP contribution in [0, 0.1) is 0 Å². The molecule has 0 atom stereocenters. The molecule has 0 spiro atoms. The van der Waals surface area contributed by atoms with E-state index in [1.807, 2.05) is 0 Å². The van der Waals surface area contributed by atoms with Crippen molar-refractivity contribution in [3.8, 4) is 0 Å². The molecule has 1 heterocycles. The first-order chi connectivity index (χ1) is 5.54. The molecule has 0 aromatic carbocycles. The molecule has 0 unspecified atom stereocenters. The maximum absolute atomic E-state index is 11.9. The van der Waals surface area contributed by atoms with Gasteiger partial charge in [-0.2, -0.15) is 13.2 Å². The lowest BCUT2D eigenvalue weighted by Crippen LogP contribution is -2.09. The van der Waals surface area contributed by atoms with Crippen molar-refractivity contribution in [1.82, 2.24) is 9.97 Å². The summed E-state index contributed by atoms with van der Waals surface area (Å²) in [5, 5.41) is 0. The molecule has 0 amide bonds. The summed E-state index contributed by atoms with van der Waals surface area (Å²) in [6.45, 7) is 0. The molecule has 0 aliphatic carbocycles. The van der Waals surface area contributed by atoms with Gasteiger partial charge in [0.05, 0.1) is 12.4 Å². The Balaban J connectivity index is 3.02. The average molecular weight is 181 g/mol. The first-order valence-electron chi connectivity index (χ1n) is 2.80. The summed E-state index contributed by atoms with van der Waals surface area (Å²) in [4.78, 5) is 6.03. The van der Waals surface area contributed by atoms with Crippen molar-refractivity contribution < 1.29 is 17.7 Å². The molecule has 1 aromatic heterocycles. The third-order valence-electron chi connectivity index (χ3n) is 1.02. The molecule has 0 aliphatic rings. The predicted molar refractivity (Wildman–Crippen MR) is 31.8 cm³/mol. The lowest BCUT2D eigenvalue weighted by atomic mass is 10.4. The Morgan fingerprint density at radius 2 is 1.92 bits per heavy atom. The zero-order valence-corrected chi connectivity index (χ0v) is 5.56. The van der Waals surface area contributed by atoms with Crippen LogP contribution < -0.4 is 5.54 Å². The van der Waals surface area contributed by atoms with Gasteiger partial charge < -0.3 is 0 Å². The third-order valence-corrected chi connectivity index (χ3v) is 1.02. The highest BCUT2D eigenvalue weighted by Gasteiger charge is 2.33. The number of aromatic nitrogens is 2. The van der Waals surface area contributed by atoms with E-state index in [-0.39, 0.29) is 0 Å². The minimum absolute atomic E-state index is 0.515. The van der Waals surface area contributed by atoms with E-state index >= 15 is 0 Å². The van der Waals surface area contributed by atoms with E-state index in [1.165, 1.54) is 0 Å². The second-order valence-electron chi connectivity index (χ2n) is 1.88. The van der Waals surface area contributed by atoms with Crippen LogP contribution in [0.15, 0.2) is 12.4 Å². The molecule has 1 rings (SSSR count). The normalized spacial score (nSPS) is 11.3. The Kier molecular flexibility index (Phi) is 2.11. The van der Waals surface area contributed by atoms with Gasteiger partial charge in [0.2, 0.25) is 0 Å². The molecule has 0 fully saturated rings. The number of rotatable bonds is 1. The number of anilines is 1. The summed E-state index contributed by atoms with van der Waals surface area (Å²) in [7, 11) is 0. The molecule has 12 heavy (non-hydrogen) atoms. The molecule has 7 heteroatoms. The van der Waals surface area contributed by atoms with Crippen LogP contribution in [0.2, 0.25) is 0 Å². The summed E-state index contributed by atoms with van der Waals surface area (Å²) >= 11 is 0. The Morgan fingerprint density at radius 3 is 2.42 bits per heavy atom. The number of hydrogen-bond donors (Lipinski definition) is 1. The van der Waals surface area contributed by atoms with E-state index in [4.69, 9.17) is 0 Å². The van der Waals surface area contributed by atoms with Gasteiger partial charge in [-0.05, 0) is 0 Å². The Morgan fingerprint density at radius 1 is 1.25 bits per heavy atom. The highest BCUT2D eigenvalue weighted by atomic mass is 19.4. The van der Waals surface area contributed by atoms with Crippen LogP contribution in [-0.2, 0) is 6.18 Å². The summed E-state index contributed by atoms with van der Waals surface area (Å²) < 4.78 is 47.1. The first-order valence-corrected chi connectivity index (χ1v) is 2.80. The van der Waals surface area contributed by atoms with Crippen LogP contribution >= 0.6 is 0 Å². The van der Waals surface area contributed by atoms with Gasteiger partial charge in [0.1, 0.15) is 0 Å². The minimum Gasteiger partial charge on any atom is -0.259 e. The summed E-state index contributed by atoms with van der Waals surface area (Å²) in [5.41, 5.74) is -0.266. The lowest BCUT2D eigenvalue weighted by molar-refractivity contribution is -0.141. The maximum Gasteiger partial charge on any atom is 0.434 e. The Hall–Kier alpha value is -1.40. The number of nitrogens with one attached hydrogen (secondary N) is 1. The van der Waals surface area contributed by atoms with E-state index in [0.717, 1.165) is 11.7 Å². The predicted octanol–water partition coefficient (Wildman–Crippen LogP) is 1.79. The molecular weight excluding hydrogens is 178 g/mol. The van der Waals surface area contributed by atoms with Crippen molar-refractivity contribution >= 4 is 5.82 Å². The van der Waals surface area contributed by atoms with E-state index in [0.29, 0.717) is 6.20 Å². The molecule has 0 aliphatic heterocycles. The number of nitrogens with zero attached hydrogens (tertiary/aromatic N) is 2. The van der Waals surface area contributed by atoms with Gasteiger partial charge in [-0.15, -0.1) is 4.48 Å². The molecule has 1 aromatic rings. The highest BCUT2D eigenvalue weighted by Crippen LogP contribution is 2.27. The van der Waals surface area contributed by atoms with E-state index < -0.39 is 17.7 Å². The topological polar surface area (TPSA) is 37.8 Å². The van der Waals surface area contributed by atoms with Gasteiger partial charge in [0, 0.05) is 0 Å². The van der Waals surface area contributed by atoms with Crippen LogP contribution in [0.5, 0.6) is 0 Å². The first kappa shape index (κ1) is 8.69. The zero-order chi connectivity index (χ0) is 9.19. The zero-order valence-electron chi connectivity index (χ0n) is 5.56. The molecule has 66 valence electrons. The van der Waals surface area contributed by atoms with Crippen LogP contribution in [-0.4, -0.2) is 9.97 Å². The number of halogens is 4. The monoisotopic (exact) mass is 181 g/mol. The number of hydrogen-bond acceptors (Lipinski definition) is 3. The van der Waals surface area contributed by atoms with Crippen LogP contribution in [0.3, 0.4) is 0 Å². The van der Waals surface area contributed by atoms with Gasteiger partial charge in [0.15, 0.2) is 11.5 Å². The Labute approximate surface area is 64.4 Å². The van der Waals surface area contributed by atoms with Crippen LogP contribution in [0.1, 0.15) is 5.69 Å². The van der Waals surface area contributed by atoms with Crippen molar-refractivity contribution in [2.75, 3.05) is 5.54 Å². The van der Waals surface area contributed by atoms with Crippen molar-refractivity contribution in [1.29, 1.82) is 0 Å². The molecule has 0 saturated carbocycles. The lowest BCUT2D eigenvalue weighted by Gasteiger charge is -2.04. The molecule has 0 saturated heterocycles. The van der Waals surface area contributed by atoms with E-state index in [9.17, 15) is 17.7 Å². The summed E-state index contributed by atoms with van der Waals surface area (Å²) in [6.07, 6.45) is -3.24. The standard InChI is InChI=1S/C5H3F4N3/c6-5(7,8)3-1-10-2-4(11-3)12-9/h1-2H,(H,11,12). The third kappa shape index (κ3) is 1.80. The second-order valence-corrected chi connectivity index (χ2v) is 1.88. The van der Waals surface area contributed by atoms with E-state index in [1.54, 1.807) is 0 Å². The van der Waals surface area contributed by atoms with Gasteiger partial charge in [-0.1, -0.05) is 0 Å². The van der Waals surface area contributed by atoms with Crippen molar-refractivity contribution in [2.45, 2.75) is 6.18 Å². The van der Waals surface area contributed by atoms with E-state index in [2.05, 4.69) is 9.97 Å². The minimum atomic E-state index is -4.60. The quantitative estimate of drug-likeness (QED) is 0.530. The van der Waals surface area contributed by atoms with Crippen molar-refractivity contribution in [3.63, 3.8) is 0 Å². The molecular formula is C5H3F4N3. The SMILES string of the molecule is FNc1cncc(C(F)(F)F)n1. The highest BCUT2D eigenvalue weighted by molar-refractivity contribution is 5.28. The largest absolute Gasteiger partial charge is 0.434 e. The molecule has 1 N–H and O–H groups in total. The molecule has 0 bridgehead atoms. The van der Waals surface area contributed by atoms with Crippen LogP contribution in [0.25, 0.3) is 0 Å². The van der Waals surface area contributed by atoms with Crippen molar-refractivity contribution in [2.24, 2.45) is 0 Å². The summed E-state index contributed by atoms with van der Waals surface area (Å²) in [5.74, 6) is -0.565. The van der Waals surface area contributed by atoms with Gasteiger partial charge >= 0.3 is 6.18 Å². The van der Waals surface area contributed by atoms with Crippen LogP contribution in [0.4, 0.5) is 23.5 Å². The molecule has 3 nitrogen and oxygen atoms in total. The van der Waals surface area contributed by atoms with Gasteiger partial charge in [-0.25, -0.2) is 10.5 Å². The number of alkyl halides is 3. The fraction of sp³-hybridized carbons (Fsp3) is 0.200. The second kappa shape index (κ2) is 2.92. The average Bonchev–Trinajstić information content (AvgIpc) is 2.03. The Bertz CT molecular complexity index is 272. The van der Waals surface area contributed by atoms with Gasteiger partial charge in [0.25, 0.3) is 0 Å². The van der Waals surface area contributed by atoms with Gasteiger partial charge in [-0.3, -0.25) is 4.98 Å².